The summed E-state index contributed by atoms with van der Waals surface area (Å²) < 4.78 is 0. The van der Waals surface area contributed by atoms with Crippen molar-refractivity contribution in [2.45, 2.75) is 39.5 Å². The third-order valence-corrected chi connectivity index (χ3v) is 4.01. The Kier molecular flexibility index (Phi) is 5.04. The summed E-state index contributed by atoms with van der Waals surface area (Å²) in [5.74, 6) is 2.48. The monoisotopic (exact) mass is 277 g/mol. The van der Waals surface area contributed by atoms with Gasteiger partial charge in [0.1, 0.15) is 12.0 Å². The molecule has 0 saturated carbocycles. The summed E-state index contributed by atoms with van der Waals surface area (Å²) in [6.07, 6.45) is 6.47. The molecule has 1 aliphatic heterocycles. The largest absolute Gasteiger partial charge is 0.393 e. The highest BCUT2D eigenvalue weighted by atomic mass is 15.2. The van der Waals surface area contributed by atoms with Gasteiger partial charge in [-0.2, -0.15) is 0 Å². The maximum absolute atomic E-state index is 6.32. The van der Waals surface area contributed by atoms with Crippen molar-refractivity contribution < 1.29 is 0 Å². The first-order valence-corrected chi connectivity index (χ1v) is 7.70. The molecular formula is C15H27N5. The Morgan fingerprint density at radius 1 is 1.45 bits per heavy atom. The van der Waals surface area contributed by atoms with Gasteiger partial charge in [-0.25, -0.2) is 9.97 Å². The van der Waals surface area contributed by atoms with Gasteiger partial charge < -0.3 is 15.5 Å². The fraction of sp³-hybridized carbons (Fsp3) is 0.733. The zero-order chi connectivity index (χ0) is 14.5. The molecule has 0 aromatic carbocycles. The van der Waals surface area contributed by atoms with E-state index in [0.29, 0.717) is 5.92 Å². The Hall–Kier alpha value is -1.52. The smallest absolute Gasteiger partial charge is 0.157 e. The molecule has 1 unspecified atom stereocenters. The fourth-order valence-electron chi connectivity index (χ4n) is 2.82. The van der Waals surface area contributed by atoms with E-state index < -0.39 is 0 Å². The third kappa shape index (κ3) is 3.32. The summed E-state index contributed by atoms with van der Waals surface area (Å²) in [6, 6.07) is 0. The summed E-state index contributed by atoms with van der Waals surface area (Å²) in [5.41, 5.74) is 7.05. The Morgan fingerprint density at radius 2 is 2.25 bits per heavy atom. The first-order valence-electron chi connectivity index (χ1n) is 7.70. The minimum Gasteiger partial charge on any atom is -0.393 e. The number of nitrogens with zero attached hydrogens (tertiary/aromatic N) is 4. The molecule has 1 saturated heterocycles. The first kappa shape index (κ1) is 14.9. The van der Waals surface area contributed by atoms with Gasteiger partial charge in [0.2, 0.25) is 0 Å². The molecule has 0 radical (unpaired) electrons. The quantitative estimate of drug-likeness (QED) is 0.896. The lowest BCUT2D eigenvalue weighted by Crippen LogP contribution is -2.35. The fourth-order valence-corrected chi connectivity index (χ4v) is 2.82. The van der Waals surface area contributed by atoms with Crippen LogP contribution in [0.5, 0.6) is 0 Å². The van der Waals surface area contributed by atoms with Crippen molar-refractivity contribution in [3.63, 3.8) is 0 Å². The lowest BCUT2D eigenvalue weighted by molar-refractivity contribution is 0.445. The van der Waals surface area contributed by atoms with Crippen molar-refractivity contribution in [3.05, 3.63) is 6.33 Å². The minimum atomic E-state index is 0.708. The number of unbranched alkanes of at least 4 members (excludes halogenated alkanes) is 1. The molecule has 5 nitrogen and oxygen atoms in total. The van der Waals surface area contributed by atoms with E-state index in [-0.39, 0.29) is 0 Å². The first-order chi connectivity index (χ1) is 9.63. The van der Waals surface area contributed by atoms with E-state index in [1.54, 1.807) is 6.33 Å². The third-order valence-electron chi connectivity index (χ3n) is 4.01. The molecule has 2 N–H and O–H groups in total. The summed E-state index contributed by atoms with van der Waals surface area (Å²) in [5, 5.41) is 0. The number of hydrogen-bond acceptors (Lipinski definition) is 5. The number of anilines is 3. The average Bonchev–Trinajstić information content (AvgIpc) is 2.45. The Morgan fingerprint density at radius 3 is 2.95 bits per heavy atom. The van der Waals surface area contributed by atoms with E-state index in [0.717, 1.165) is 43.4 Å². The molecular weight excluding hydrogens is 250 g/mol. The predicted octanol–water partition coefficient (Wildman–Crippen LogP) is 2.53. The normalized spacial score (nSPS) is 19.1. The van der Waals surface area contributed by atoms with E-state index in [9.17, 15) is 0 Å². The topological polar surface area (TPSA) is 58.3 Å². The lowest BCUT2D eigenvalue weighted by atomic mass is 10.0. The second-order valence-electron chi connectivity index (χ2n) is 5.90. The van der Waals surface area contributed by atoms with Crippen molar-refractivity contribution >= 4 is 17.3 Å². The van der Waals surface area contributed by atoms with Crippen molar-refractivity contribution in [2.75, 3.05) is 42.2 Å². The maximum atomic E-state index is 6.32. The van der Waals surface area contributed by atoms with Crippen LogP contribution in [0.25, 0.3) is 0 Å². The lowest BCUT2D eigenvalue weighted by Gasteiger charge is -2.33. The van der Waals surface area contributed by atoms with Crippen LogP contribution in [0.4, 0.5) is 17.3 Å². The highest BCUT2D eigenvalue weighted by Gasteiger charge is 2.21. The number of hydrogen-bond donors (Lipinski definition) is 1. The van der Waals surface area contributed by atoms with Gasteiger partial charge >= 0.3 is 0 Å². The van der Waals surface area contributed by atoms with E-state index >= 15 is 0 Å². The van der Waals surface area contributed by atoms with Gasteiger partial charge in [0.25, 0.3) is 0 Å². The Balaban J connectivity index is 2.18. The van der Waals surface area contributed by atoms with Crippen molar-refractivity contribution in [2.24, 2.45) is 5.92 Å². The van der Waals surface area contributed by atoms with Gasteiger partial charge in [0.05, 0.1) is 0 Å². The van der Waals surface area contributed by atoms with Gasteiger partial charge in [-0.3, -0.25) is 0 Å². The standard InChI is InChI=1S/C15H27N5/c1-4-5-8-19(3)14-13(16)15(18-11-17-14)20-9-6-7-12(2)10-20/h11-12H,4-10,16H2,1-3H3. The number of rotatable bonds is 5. The van der Waals surface area contributed by atoms with Crippen molar-refractivity contribution in [1.82, 2.24) is 9.97 Å². The molecule has 1 atom stereocenters. The van der Waals surface area contributed by atoms with Gasteiger partial charge in [-0.1, -0.05) is 20.3 Å². The second kappa shape index (κ2) is 6.77. The van der Waals surface area contributed by atoms with Gasteiger partial charge in [0.15, 0.2) is 11.6 Å². The van der Waals surface area contributed by atoms with Gasteiger partial charge in [-0.15, -0.1) is 0 Å². The van der Waals surface area contributed by atoms with E-state index in [2.05, 4.69) is 40.7 Å². The minimum absolute atomic E-state index is 0.708. The van der Waals surface area contributed by atoms with Crippen molar-refractivity contribution in [1.29, 1.82) is 0 Å². The summed E-state index contributed by atoms with van der Waals surface area (Å²) in [7, 11) is 2.05. The molecule has 2 heterocycles. The van der Waals surface area contributed by atoms with Crippen LogP contribution in [-0.4, -0.2) is 36.6 Å². The maximum Gasteiger partial charge on any atom is 0.157 e. The SMILES string of the molecule is CCCCN(C)c1ncnc(N2CCCC(C)C2)c1N. The molecule has 112 valence electrons. The second-order valence-corrected chi connectivity index (χ2v) is 5.90. The number of nitrogen functional groups attached to an aromatic ring is 1. The molecule has 0 spiro atoms. The van der Waals surface area contributed by atoms with E-state index in [1.165, 1.54) is 19.3 Å². The van der Waals surface area contributed by atoms with E-state index in [4.69, 9.17) is 5.73 Å². The van der Waals surface area contributed by atoms with E-state index in [1.807, 2.05) is 0 Å². The summed E-state index contributed by atoms with van der Waals surface area (Å²) in [6.45, 7) is 7.55. The predicted molar refractivity (Wildman–Crippen MR) is 85.2 cm³/mol. The molecule has 0 aliphatic carbocycles. The molecule has 1 fully saturated rings. The Labute approximate surface area is 122 Å². The summed E-state index contributed by atoms with van der Waals surface area (Å²) >= 11 is 0. The van der Waals surface area contributed by atoms with Gasteiger partial charge in [-0.05, 0) is 25.2 Å². The highest BCUT2D eigenvalue weighted by Crippen LogP contribution is 2.31. The molecule has 0 bridgehead atoms. The van der Waals surface area contributed by atoms with Gasteiger partial charge in [0, 0.05) is 26.7 Å². The average molecular weight is 277 g/mol. The van der Waals surface area contributed by atoms with Crippen LogP contribution < -0.4 is 15.5 Å². The number of piperidine rings is 1. The summed E-state index contributed by atoms with van der Waals surface area (Å²) in [4.78, 5) is 13.2. The zero-order valence-electron chi connectivity index (χ0n) is 13.0. The molecule has 20 heavy (non-hydrogen) atoms. The molecule has 0 amide bonds. The number of aromatic nitrogens is 2. The number of nitrogens with two attached hydrogens (primary N) is 1. The van der Waals surface area contributed by atoms with Crippen LogP contribution in [0.1, 0.15) is 39.5 Å². The molecule has 2 rings (SSSR count). The van der Waals surface area contributed by atoms with Crippen LogP contribution in [0.15, 0.2) is 6.33 Å². The van der Waals surface area contributed by atoms with Crippen LogP contribution in [0.2, 0.25) is 0 Å². The zero-order valence-corrected chi connectivity index (χ0v) is 13.0. The van der Waals surface area contributed by atoms with Crippen LogP contribution in [-0.2, 0) is 0 Å². The molecule has 1 aromatic rings. The molecule has 5 heteroatoms. The van der Waals surface area contributed by atoms with Crippen LogP contribution >= 0.6 is 0 Å². The molecule has 1 aliphatic rings. The van der Waals surface area contributed by atoms with Crippen LogP contribution in [0.3, 0.4) is 0 Å². The Bertz CT molecular complexity index is 434. The van der Waals surface area contributed by atoms with Crippen molar-refractivity contribution in [3.8, 4) is 0 Å². The molecule has 1 aromatic heterocycles. The van der Waals surface area contributed by atoms with Crippen LogP contribution in [0, 0.1) is 5.92 Å². The highest BCUT2D eigenvalue weighted by molar-refractivity contribution is 5.75.